The molecule has 9 nitrogen and oxygen atoms in total. The predicted octanol–water partition coefficient (Wildman–Crippen LogP) is 0.938. The van der Waals surface area contributed by atoms with Crippen molar-refractivity contribution in [1.82, 2.24) is 19.6 Å². The molecule has 0 amide bonds. The van der Waals surface area contributed by atoms with Crippen molar-refractivity contribution in [1.29, 1.82) is 0 Å². The van der Waals surface area contributed by atoms with Gasteiger partial charge in [0.1, 0.15) is 12.1 Å². The molecule has 0 aliphatic rings. The molecule has 106 valence electrons. The first-order valence-corrected chi connectivity index (χ1v) is 6.03. The summed E-state index contributed by atoms with van der Waals surface area (Å²) >= 11 is 0. The van der Waals surface area contributed by atoms with Crippen LogP contribution in [0.25, 0.3) is 5.65 Å². The third kappa shape index (κ3) is 2.56. The molecule has 0 spiro atoms. The average molecular weight is 286 g/mol. The van der Waals surface area contributed by atoms with Gasteiger partial charge in [-0.05, 0) is 5.56 Å². The molecule has 2 N–H and O–H groups in total. The Hall–Kier alpha value is -3.23. The van der Waals surface area contributed by atoms with Gasteiger partial charge in [0.2, 0.25) is 0 Å². The van der Waals surface area contributed by atoms with Crippen LogP contribution < -0.4 is 11.0 Å². The van der Waals surface area contributed by atoms with Gasteiger partial charge in [-0.25, -0.2) is 19.3 Å². The summed E-state index contributed by atoms with van der Waals surface area (Å²) in [6.45, 7) is 0.454. The molecule has 3 rings (SSSR count). The Morgan fingerprint density at radius 2 is 2.10 bits per heavy atom. The van der Waals surface area contributed by atoms with Gasteiger partial charge >= 0.3 is 5.69 Å². The molecular weight excluding hydrogens is 276 g/mol. The van der Waals surface area contributed by atoms with Crippen LogP contribution in [0.1, 0.15) is 5.56 Å². The molecule has 0 radical (unpaired) electrons. The van der Waals surface area contributed by atoms with E-state index in [4.69, 9.17) is 0 Å². The maximum atomic E-state index is 11.3. The number of anilines is 1. The number of nitrogens with one attached hydrogen (secondary N) is 2. The summed E-state index contributed by atoms with van der Waals surface area (Å²) in [5, 5.41) is 19.8. The standard InChI is InChI=1S/C12H10N6O3/c19-12-16-15-11-5-10(14-7-17(11)12)13-6-8-1-3-9(4-2-8)18(20)21/h1-5,7,13H,6H2,(H,16,19). The van der Waals surface area contributed by atoms with Crippen LogP contribution in [0.4, 0.5) is 11.5 Å². The number of aromatic amines is 1. The molecule has 0 aliphatic heterocycles. The van der Waals surface area contributed by atoms with E-state index in [2.05, 4.69) is 20.5 Å². The van der Waals surface area contributed by atoms with Gasteiger partial charge in [0.05, 0.1) is 4.92 Å². The highest BCUT2D eigenvalue weighted by Crippen LogP contribution is 2.13. The normalized spacial score (nSPS) is 10.7. The van der Waals surface area contributed by atoms with E-state index in [9.17, 15) is 14.9 Å². The average Bonchev–Trinajstić information content (AvgIpc) is 2.86. The summed E-state index contributed by atoms with van der Waals surface area (Å²) in [6.07, 6.45) is 1.37. The van der Waals surface area contributed by atoms with Crippen LogP contribution in [-0.4, -0.2) is 24.5 Å². The Morgan fingerprint density at radius 1 is 1.33 bits per heavy atom. The smallest absolute Gasteiger partial charge is 0.348 e. The molecule has 0 unspecified atom stereocenters. The first-order valence-electron chi connectivity index (χ1n) is 6.03. The lowest BCUT2D eigenvalue weighted by molar-refractivity contribution is -0.384. The fourth-order valence-corrected chi connectivity index (χ4v) is 1.83. The zero-order chi connectivity index (χ0) is 14.8. The van der Waals surface area contributed by atoms with Crippen LogP contribution in [-0.2, 0) is 6.54 Å². The number of nitro groups is 1. The highest BCUT2D eigenvalue weighted by atomic mass is 16.6. The molecule has 2 heterocycles. The van der Waals surface area contributed by atoms with E-state index in [-0.39, 0.29) is 11.4 Å². The molecule has 1 aromatic carbocycles. The maximum Gasteiger partial charge on any atom is 0.348 e. The van der Waals surface area contributed by atoms with E-state index >= 15 is 0 Å². The number of hydrogen-bond acceptors (Lipinski definition) is 6. The van der Waals surface area contributed by atoms with E-state index in [1.54, 1.807) is 18.2 Å². The number of H-pyrrole nitrogens is 1. The molecular formula is C12H10N6O3. The van der Waals surface area contributed by atoms with E-state index < -0.39 is 4.92 Å². The van der Waals surface area contributed by atoms with E-state index in [0.29, 0.717) is 18.0 Å². The highest BCUT2D eigenvalue weighted by molar-refractivity contribution is 5.48. The summed E-state index contributed by atoms with van der Waals surface area (Å²) in [7, 11) is 0. The molecule has 0 aliphatic carbocycles. The number of fused-ring (bicyclic) bond motifs is 1. The van der Waals surface area contributed by atoms with Crippen LogP contribution in [0.15, 0.2) is 41.5 Å². The second-order valence-electron chi connectivity index (χ2n) is 4.31. The second kappa shape index (κ2) is 5.04. The molecule has 0 bridgehead atoms. The Kier molecular flexibility index (Phi) is 3.07. The van der Waals surface area contributed by atoms with Gasteiger partial charge in [-0.3, -0.25) is 10.1 Å². The summed E-state index contributed by atoms with van der Waals surface area (Å²) in [5.41, 5.74) is 1.04. The SMILES string of the molecule is O=c1[nH]nc2cc(NCc3ccc([N+](=O)[O-])cc3)ncn12. The van der Waals surface area contributed by atoms with Crippen molar-refractivity contribution in [2.45, 2.75) is 6.54 Å². The van der Waals surface area contributed by atoms with Crippen LogP contribution >= 0.6 is 0 Å². The Morgan fingerprint density at radius 3 is 2.81 bits per heavy atom. The fourth-order valence-electron chi connectivity index (χ4n) is 1.83. The predicted molar refractivity (Wildman–Crippen MR) is 74.0 cm³/mol. The number of hydrogen-bond donors (Lipinski definition) is 2. The highest BCUT2D eigenvalue weighted by Gasteiger charge is 2.05. The van der Waals surface area contributed by atoms with Gasteiger partial charge in [0.15, 0.2) is 5.65 Å². The minimum absolute atomic E-state index is 0.0502. The zero-order valence-corrected chi connectivity index (χ0v) is 10.7. The van der Waals surface area contributed by atoms with E-state index in [1.165, 1.54) is 22.9 Å². The zero-order valence-electron chi connectivity index (χ0n) is 10.7. The lowest BCUT2D eigenvalue weighted by Gasteiger charge is -2.05. The van der Waals surface area contributed by atoms with Gasteiger partial charge in [0.25, 0.3) is 5.69 Å². The summed E-state index contributed by atoms with van der Waals surface area (Å²) < 4.78 is 1.29. The first kappa shape index (κ1) is 12.8. The molecule has 9 heteroatoms. The molecule has 0 atom stereocenters. The number of non-ortho nitro benzene ring substituents is 1. The number of rotatable bonds is 4. The van der Waals surface area contributed by atoms with Crippen molar-refractivity contribution >= 4 is 17.2 Å². The van der Waals surface area contributed by atoms with Gasteiger partial charge in [-0.2, -0.15) is 5.10 Å². The van der Waals surface area contributed by atoms with Crippen molar-refractivity contribution < 1.29 is 4.92 Å². The summed E-state index contributed by atoms with van der Waals surface area (Å²) in [4.78, 5) is 25.5. The quantitative estimate of drug-likeness (QED) is 0.544. The Labute approximate surface area is 117 Å². The van der Waals surface area contributed by atoms with Crippen LogP contribution in [0, 0.1) is 10.1 Å². The Balaban J connectivity index is 1.73. The van der Waals surface area contributed by atoms with Gasteiger partial charge in [-0.15, -0.1) is 0 Å². The molecule has 2 aromatic heterocycles. The number of benzene rings is 1. The van der Waals surface area contributed by atoms with Crippen LogP contribution in [0.5, 0.6) is 0 Å². The van der Waals surface area contributed by atoms with Gasteiger partial charge in [0, 0.05) is 24.7 Å². The van der Waals surface area contributed by atoms with Crippen molar-refractivity contribution in [3.63, 3.8) is 0 Å². The molecule has 21 heavy (non-hydrogen) atoms. The fraction of sp³-hybridized carbons (Fsp3) is 0.0833. The minimum Gasteiger partial charge on any atom is -0.366 e. The van der Waals surface area contributed by atoms with Crippen molar-refractivity contribution in [3.8, 4) is 0 Å². The lowest BCUT2D eigenvalue weighted by Crippen LogP contribution is -2.10. The van der Waals surface area contributed by atoms with Crippen molar-refractivity contribution in [2.75, 3.05) is 5.32 Å². The molecule has 0 fully saturated rings. The lowest BCUT2D eigenvalue weighted by atomic mass is 10.2. The topological polar surface area (TPSA) is 118 Å². The Bertz CT molecular complexity index is 851. The third-order valence-electron chi connectivity index (χ3n) is 2.93. The number of aromatic nitrogens is 4. The maximum absolute atomic E-state index is 11.3. The second-order valence-corrected chi connectivity index (χ2v) is 4.31. The van der Waals surface area contributed by atoms with Crippen molar-refractivity contribution in [2.24, 2.45) is 0 Å². The summed E-state index contributed by atoms with van der Waals surface area (Å²) in [5.74, 6) is 0.555. The van der Waals surface area contributed by atoms with Crippen molar-refractivity contribution in [3.05, 3.63) is 62.8 Å². The van der Waals surface area contributed by atoms with Gasteiger partial charge < -0.3 is 5.32 Å². The van der Waals surface area contributed by atoms with Gasteiger partial charge in [-0.1, -0.05) is 12.1 Å². The van der Waals surface area contributed by atoms with Crippen LogP contribution in [0.2, 0.25) is 0 Å². The third-order valence-corrected chi connectivity index (χ3v) is 2.93. The van der Waals surface area contributed by atoms with Crippen LogP contribution in [0.3, 0.4) is 0 Å². The molecule has 0 saturated heterocycles. The minimum atomic E-state index is -0.442. The number of nitro benzene ring substituents is 1. The molecule has 3 aromatic rings. The largest absolute Gasteiger partial charge is 0.366 e. The summed E-state index contributed by atoms with van der Waals surface area (Å²) in [6, 6.07) is 7.86. The number of nitrogens with zero attached hydrogens (tertiary/aromatic N) is 4. The monoisotopic (exact) mass is 286 g/mol. The van der Waals surface area contributed by atoms with E-state index in [1.807, 2.05) is 0 Å². The van der Waals surface area contributed by atoms with E-state index in [0.717, 1.165) is 5.56 Å². The first-order chi connectivity index (χ1) is 10.1. The molecule has 0 saturated carbocycles.